The van der Waals surface area contributed by atoms with E-state index in [1.165, 1.54) is 43.6 Å². The quantitative estimate of drug-likeness (QED) is 0.536. The molecule has 1 saturated heterocycles. The minimum atomic E-state index is 0.837. The van der Waals surface area contributed by atoms with Gasteiger partial charge in [0.25, 0.3) is 0 Å². The molecular weight excluding hydrogens is 152 g/mol. The average molecular weight is 170 g/mol. The fraction of sp³-hybridized carbons (Fsp3) is 1.00. The predicted molar refractivity (Wildman–Crippen MR) is 52.1 cm³/mol. The van der Waals surface area contributed by atoms with Crippen LogP contribution in [0.5, 0.6) is 0 Å². The van der Waals surface area contributed by atoms with Crippen molar-refractivity contribution in [1.82, 2.24) is 0 Å². The van der Waals surface area contributed by atoms with Gasteiger partial charge in [0.2, 0.25) is 0 Å². The Balaban J connectivity index is 1.94. The van der Waals surface area contributed by atoms with Crippen LogP contribution >= 0.6 is 11.8 Å². The van der Waals surface area contributed by atoms with Crippen LogP contribution in [0.3, 0.4) is 0 Å². The lowest BCUT2D eigenvalue weighted by atomic mass is 9.70. The lowest BCUT2D eigenvalue weighted by Crippen LogP contribution is -2.28. The van der Waals surface area contributed by atoms with Crippen LogP contribution < -0.4 is 0 Å². The molecular formula is C10H18S. The Morgan fingerprint density at radius 1 is 0.727 bits per heavy atom. The van der Waals surface area contributed by atoms with Gasteiger partial charge in [0.05, 0.1) is 0 Å². The highest BCUT2D eigenvalue weighted by Crippen LogP contribution is 2.46. The molecule has 0 radical (unpaired) electrons. The van der Waals surface area contributed by atoms with Gasteiger partial charge in [-0.1, -0.05) is 19.3 Å². The summed E-state index contributed by atoms with van der Waals surface area (Å²) in [5.74, 6) is 2.89. The van der Waals surface area contributed by atoms with E-state index >= 15 is 0 Å². The summed E-state index contributed by atoms with van der Waals surface area (Å²) < 4.78 is 0. The van der Waals surface area contributed by atoms with Gasteiger partial charge in [0.1, 0.15) is 0 Å². The molecule has 1 spiro atoms. The summed E-state index contributed by atoms with van der Waals surface area (Å²) in [6.45, 7) is 0. The largest absolute Gasteiger partial charge is 0.162 e. The van der Waals surface area contributed by atoms with Crippen molar-refractivity contribution in [3.05, 3.63) is 0 Å². The van der Waals surface area contributed by atoms with Crippen molar-refractivity contribution in [1.29, 1.82) is 0 Å². The fourth-order valence-electron chi connectivity index (χ4n) is 2.61. The second-order valence-corrected chi connectivity index (χ2v) is 5.40. The van der Waals surface area contributed by atoms with Crippen LogP contribution in [0.25, 0.3) is 0 Å². The first-order valence-corrected chi connectivity index (χ1v) is 6.15. The standard InChI is InChI=1S/C10H18S/c1-2-4-10(5-3-1)6-8-11-9-7-10/h1-9H2. The minimum absolute atomic E-state index is 0.837. The molecule has 0 nitrogen and oxygen atoms in total. The number of hydrogen-bond donors (Lipinski definition) is 0. The Morgan fingerprint density at radius 3 is 2.00 bits per heavy atom. The summed E-state index contributed by atoms with van der Waals surface area (Å²) in [5.41, 5.74) is 0.837. The molecule has 0 aromatic rings. The van der Waals surface area contributed by atoms with E-state index < -0.39 is 0 Å². The molecule has 1 aliphatic carbocycles. The Morgan fingerprint density at radius 2 is 1.36 bits per heavy atom. The summed E-state index contributed by atoms with van der Waals surface area (Å²) >= 11 is 2.16. The highest BCUT2D eigenvalue weighted by atomic mass is 32.2. The zero-order chi connectivity index (χ0) is 7.57. The summed E-state index contributed by atoms with van der Waals surface area (Å²) in [4.78, 5) is 0. The van der Waals surface area contributed by atoms with Gasteiger partial charge in [-0.3, -0.25) is 0 Å². The summed E-state index contributed by atoms with van der Waals surface area (Å²) in [6, 6.07) is 0. The van der Waals surface area contributed by atoms with Crippen LogP contribution in [-0.4, -0.2) is 11.5 Å². The zero-order valence-corrected chi connectivity index (χ0v) is 8.09. The Bertz CT molecular complexity index is 99.3. The van der Waals surface area contributed by atoms with Gasteiger partial charge in [0.15, 0.2) is 0 Å². The van der Waals surface area contributed by atoms with Crippen LogP contribution in [0, 0.1) is 5.41 Å². The van der Waals surface area contributed by atoms with Crippen LogP contribution in [0.15, 0.2) is 0 Å². The molecule has 1 heterocycles. The SMILES string of the molecule is C1CCC2(CC1)CCSCC2. The highest BCUT2D eigenvalue weighted by molar-refractivity contribution is 7.99. The molecule has 64 valence electrons. The van der Waals surface area contributed by atoms with E-state index in [1.54, 1.807) is 12.8 Å². The van der Waals surface area contributed by atoms with E-state index in [0.29, 0.717) is 0 Å². The molecule has 2 rings (SSSR count). The number of rotatable bonds is 0. The first-order chi connectivity index (χ1) is 5.41. The van der Waals surface area contributed by atoms with Crippen molar-refractivity contribution in [3.63, 3.8) is 0 Å². The second kappa shape index (κ2) is 3.38. The fourth-order valence-corrected chi connectivity index (χ4v) is 3.97. The molecule has 0 aromatic carbocycles. The molecule has 2 fully saturated rings. The summed E-state index contributed by atoms with van der Waals surface area (Å²) in [6.07, 6.45) is 10.7. The Labute approximate surface area is 74.1 Å². The van der Waals surface area contributed by atoms with Crippen molar-refractivity contribution < 1.29 is 0 Å². The van der Waals surface area contributed by atoms with E-state index in [2.05, 4.69) is 11.8 Å². The third kappa shape index (κ3) is 1.74. The van der Waals surface area contributed by atoms with E-state index in [4.69, 9.17) is 0 Å². The molecule has 11 heavy (non-hydrogen) atoms. The minimum Gasteiger partial charge on any atom is -0.162 e. The van der Waals surface area contributed by atoms with Crippen LogP contribution in [0.2, 0.25) is 0 Å². The van der Waals surface area contributed by atoms with Gasteiger partial charge in [-0.25, -0.2) is 0 Å². The molecule has 2 aliphatic rings. The van der Waals surface area contributed by atoms with E-state index in [9.17, 15) is 0 Å². The van der Waals surface area contributed by atoms with Gasteiger partial charge in [-0.2, -0.15) is 11.8 Å². The van der Waals surface area contributed by atoms with E-state index in [1.807, 2.05) is 0 Å². The predicted octanol–water partition coefficient (Wildman–Crippen LogP) is 3.46. The molecule has 1 aliphatic heterocycles. The lowest BCUT2D eigenvalue weighted by Gasteiger charge is -2.40. The topological polar surface area (TPSA) is 0 Å². The van der Waals surface area contributed by atoms with Gasteiger partial charge in [-0.15, -0.1) is 0 Å². The van der Waals surface area contributed by atoms with Gasteiger partial charge >= 0.3 is 0 Å². The molecule has 0 N–H and O–H groups in total. The Kier molecular flexibility index (Phi) is 2.45. The Hall–Kier alpha value is 0.350. The van der Waals surface area contributed by atoms with Crippen molar-refractivity contribution in [2.24, 2.45) is 5.41 Å². The van der Waals surface area contributed by atoms with Gasteiger partial charge in [0, 0.05) is 0 Å². The first-order valence-electron chi connectivity index (χ1n) is 4.99. The summed E-state index contributed by atoms with van der Waals surface area (Å²) in [5, 5.41) is 0. The second-order valence-electron chi connectivity index (χ2n) is 4.17. The molecule has 1 saturated carbocycles. The third-order valence-electron chi connectivity index (χ3n) is 3.47. The van der Waals surface area contributed by atoms with Gasteiger partial charge in [-0.05, 0) is 42.6 Å². The molecule has 0 amide bonds. The smallest absolute Gasteiger partial charge is 0.00622 e. The maximum absolute atomic E-state index is 2.16. The normalized spacial score (nSPS) is 30.5. The molecule has 0 aromatic heterocycles. The van der Waals surface area contributed by atoms with Crippen molar-refractivity contribution >= 4 is 11.8 Å². The average Bonchev–Trinajstić information content (AvgIpc) is 2.07. The molecule has 0 atom stereocenters. The van der Waals surface area contributed by atoms with E-state index in [0.717, 1.165) is 5.41 Å². The van der Waals surface area contributed by atoms with Crippen LogP contribution in [0.1, 0.15) is 44.9 Å². The lowest BCUT2D eigenvalue weighted by molar-refractivity contribution is 0.172. The monoisotopic (exact) mass is 170 g/mol. The third-order valence-corrected chi connectivity index (χ3v) is 4.45. The van der Waals surface area contributed by atoms with Crippen LogP contribution in [-0.2, 0) is 0 Å². The first kappa shape index (κ1) is 7.97. The zero-order valence-electron chi connectivity index (χ0n) is 7.27. The maximum Gasteiger partial charge on any atom is -0.00622 e. The molecule has 1 heteroatoms. The highest BCUT2D eigenvalue weighted by Gasteiger charge is 2.32. The van der Waals surface area contributed by atoms with Gasteiger partial charge < -0.3 is 0 Å². The molecule has 0 unspecified atom stereocenters. The number of hydrogen-bond acceptors (Lipinski definition) is 1. The van der Waals surface area contributed by atoms with Crippen molar-refractivity contribution in [3.8, 4) is 0 Å². The van der Waals surface area contributed by atoms with Crippen molar-refractivity contribution in [2.45, 2.75) is 44.9 Å². The number of thioether (sulfide) groups is 1. The van der Waals surface area contributed by atoms with E-state index in [-0.39, 0.29) is 0 Å². The molecule has 0 bridgehead atoms. The van der Waals surface area contributed by atoms with Crippen LogP contribution in [0.4, 0.5) is 0 Å². The summed E-state index contributed by atoms with van der Waals surface area (Å²) in [7, 11) is 0. The van der Waals surface area contributed by atoms with Crippen molar-refractivity contribution in [2.75, 3.05) is 11.5 Å². The maximum atomic E-state index is 2.16.